The number of nitrogens with zero attached hydrogens (tertiary/aromatic N) is 2. The van der Waals surface area contributed by atoms with Crippen LogP contribution in [0.25, 0.3) is 28.6 Å². The lowest BCUT2D eigenvalue weighted by atomic mass is 10.1. The number of methoxy groups -OCH3 is 3. The Morgan fingerprint density at radius 3 is 2.25 bits per heavy atom. The molecule has 1 aliphatic heterocycles. The van der Waals surface area contributed by atoms with E-state index in [4.69, 9.17) is 18.6 Å². The first kappa shape index (κ1) is 36.5. The lowest BCUT2D eigenvalue weighted by Crippen LogP contribution is -2.31. The monoisotopic (exact) mass is 754 g/mol. The number of carbonyl (C=O) groups is 4. The van der Waals surface area contributed by atoms with Crippen LogP contribution in [0, 0.1) is 0 Å². The molecular formula is C42H34N4O8S. The van der Waals surface area contributed by atoms with Gasteiger partial charge in [0.05, 0.1) is 32.3 Å². The van der Waals surface area contributed by atoms with Gasteiger partial charge in [-0.25, -0.2) is 9.88 Å². The third kappa shape index (κ3) is 7.92. The smallest absolute Gasteiger partial charge is 0.272 e. The van der Waals surface area contributed by atoms with Crippen LogP contribution in [0.1, 0.15) is 22.3 Å². The fraction of sp³-hybridized carbons (Fsp3) is 0.119. The van der Waals surface area contributed by atoms with Crippen molar-refractivity contribution in [2.45, 2.75) is 16.6 Å². The summed E-state index contributed by atoms with van der Waals surface area (Å²) in [7, 11) is 4.46. The second-order valence-corrected chi connectivity index (χ2v) is 13.5. The van der Waals surface area contributed by atoms with Gasteiger partial charge in [0.2, 0.25) is 17.7 Å². The quantitative estimate of drug-likeness (QED) is 0.0959. The minimum Gasteiger partial charge on any atom is -0.496 e. The molecular weight excluding hydrogens is 721 g/mol. The summed E-state index contributed by atoms with van der Waals surface area (Å²) in [6, 6.07) is 33.0. The van der Waals surface area contributed by atoms with Crippen LogP contribution in [0.15, 0.2) is 130 Å². The number of imide groups is 1. The summed E-state index contributed by atoms with van der Waals surface area (Å²) in [5.41, 5.74) is 3.67. The first-order chi connectivity index (χ1) is 26.7. The van der Waals surface area contributed by atoms with Gasteiger partial charge >= 0.3 is 0 Å². The molecule has 0 radical (unpaired) electrons. The largest absolute Gasteiger partial charge is 0.496 e. The Labute approximate surface area is 320 Å². The minimum atomic E-state index is -0.687. The number of para-hydroxylation sites is 2. The molecule has 1 aliphatic rings. The summed E-state index contributed by atoms with van der Waals surface area (Å²) in [5, 5.41) is 4.88. The number of thioether (sulfide) groups is 1. The number of ether oxygens (including phenoxy) is 3. The highest BCUT2D eigenvalue weighted by atomic mass is 32.2. The van der Waals surface area contributed by atoms with E-state index in [9.17, 15) is 19.2 Å². The van der Waals surface area contributed by atoms with Gasteiger partial charge in [-0.2, -0.15) is 0 Å². The molecule has 0 spiro atoms. The van der Waals surface area contributed by atoms with Gasteiger partial charge in [0.15, 0.2) is 17.1 Å². The Morgan fingerprint density at radius 2 is 1.53 bits per heavy atom. The maximum atomic E-state index is 13.9. The number of benzene rings is 5. The fourth-order valence-corrected chi connectivity index (χ4v) is 7.10. The van der Waals surface area contributed by atoms with Crippen molar-refractivity contribution in [3.05, 3.63) is 132 Å². The van der Waals surface area contributed by atoms with E-state index in [1.165, 1.54) is 44.1 Å². The van der Waals surface area contributed by atoms with Crippen LogP contribution in [0.4, 0.5) is 11.4 Å². The average molecular weight is 755 g/mol. The topological polar surface area (TPSA) is 149 Å². The molecule has 1 fully saturated rings. The molecule has 0 saturated carbocycles. The highest BCUT2D eigenvalue weighted by Crippen LogP contribution is 2.37. The van der Waals surface area contributed by atoms with Crippen LogP contribution in [0.5, 0.6) is 17.2 Å². The van der Waals surface area contributed by atoms with Crippen molar-refractivity contribution >= 4 is 63.9 Å². The highest BCUT2D eigenvalue weighted by molar-refractivity contribution is 8.00. The summed E-state index contributed by atoms with van der Waals surface area (Å²) in [4.78, 5) is 60.2. The van der Waals surface area contributed by atoms with Crippen LogP contribution in [0.3, 0.4) is 0 Å². The molecule has 1 atom stereocenters. The van der Waals surface area contributed by atoms with E-state index < -0.39 is 17.1 Å². The maximum Gasteiger partial charge on any atom is 0.272 e. The molecule has 13 heteroatoms. The second kappa shape index (κ2) is 16.0. The normalized spacial score (nSPS) is 14.2. The molecule has 6 aromatic rings. The van der Waals surface area contributed by atoms with Gasteiger partial charge in [0.25, 0.3) is 11.8 Å². The fourth-order valence-electron chi connectivity index (χ4n) is 5.99. The number of fused-ring (bicyclic) bond motifs is 1. The molecule has 276 valence electrons. The Bertz CT molecular complexity index is 2410. The number of hydrogen-bond acceptors (Lipinski definition) is 10. The van der Waals surface area contributed by atoms with Gasteiger partial charge in [0, 0.05) is 39.8 Å². The van der Waals surface area contributed by atoms with Crippen molar-refractivity contribution in [3.63, 3.8) is 0 Å². The number of amides is 4. The number of aromatic nitrogens is 1. The van der Waals surface area contributed by atoms with Crippen LogP contribution < -0.4 is 29.7 Å². The van der Waals surface area contributed by atoms with Crippen LogP contribution in [-0.2, 0) is 14.4 Å². The van der Waals surface area contributed by atoms with Crippen molar-refractivity contribution in [1.29, 1.82) is 0 Å². The lowest BCUT2D eigenvalue weighted by Gasteiger charge is -2.16. The average Bonchev–Trinajstić information content (AvgIpc) is 3.77. The first-order valence-corrected chi connectivity index (χ1v) is 17.9. The van der Waals surface area contributed by atoms with Crippen molar-refractivity contribution in [2.24, 2.45) is 0 Å². The van der Waals surface area contributed by atoms with Gasteiger partial charge < -0.3 is 29.3 Å². The molecule has 5 aromatic carbocycles. The Balaban J connectivity index is 1.08. The van der Waals surface area contributed by atoms with Gasteiger partial charge in [-0.05, 0) is 78.9 Å². The number of oxazole rings is 1. The molecule has 4 amide bonds. The van der Waals surface area contributed by atoms with E-state index in [1.54, 1.807) is 91.0 Å². The third-order valence-corrected chi connectivity index (χ3v) is 9.89. The molecule has 0 unspecified atom stereocenters. The summed E-state index contributed by atoms with van der Waals surface area (Å²) < 4.78 is 22.3. The zero-order valence-corrected chi connectivity index (χ0v) is 30.7. The van der Waals surface area contributed by atoms with Crippen LogP contribution in [0.2, 0.25) is 0 Å². The number of anilines is 2. The molecule has 12 nitrogen and oxygen atoms in total. The van der Waals surface area contributed by atoms with E-state index in [0.29, 0.717) is 61.7 Å². The minimum absolute atomic E-state index is 0.00146. The van der Waals surface area contributed by atoms with Gasteiger partial charge in [-0.3, -0.25) is 19.2 Å². The third-order valence-electron chi connectivity index (χ3n) is 8.71. The lowest BCUT2D eigenvalue weighted by molar-refractivity contribution is -0.121. The van der Waals surface area contributed by atoms with E-state index in [-0.39, 0.29) is 23.9 Å². The molecule has 55 heavy (non-hydrogen) atoms. The molecule has 0 aliphatic carbocycles. The number of nitrogens with one attached hydrogen (secondary N) is 2. The Kier molecular flexibility index (Phi) is 10.6. The molecule has 0 bridgehead atoms. The second-order valence-electron chi connectivity index (χ2n) is 12.2. The Hall–Kier alpha value is -6.86. The van der Waals surface area contributed by atoms with E-state index in [2.05, 4.69) is 15.6 Å². The van der Waals surface area contributed by atoms with Crippen molar-refractivity contribution in [1.82, 2.24) is 10.3 Å². The first-order valence-electron chi connectivity index (χ1n) is 17.0. The molecule has 2 heterocycles. The molecule has 7 rings (SSSR count). The summed E-state index contributed by atoms with van der Waals surface area (Å²) in [6.07, 6.45) is 1.48. The van der Waals surface area contributed by atoms with Gasteiger partial charge in [0.1, 0.15) is 17.0 Å². The van der Waals surface area contributed by atoms with Gasteiger partial charge in [-0.1, -0.05) is 36.4 Å². The molecule has 2 N–H and O–H groups in total. The van der Waals surface area contributed by atoms with Gasteiger partial charge in [-0.15, -0.1) is 11.8 Å². The summed E-state index contributed by atoms with van der Waals surface area (Å²) in [5.74, 6) is -0.168. The predicted molar refractivity (Wildman–Crippen MR) is 209 cm³/mol. The zero-order valence-electron chi connectivity index (χ0n) is 29.9. The van der Waals surface area contributed by atoms with E-state index in [1.807, 2.05) is 24.3 Å². The highest BCUT2D eigenvalue weighted by Gasteiger charge is 2.40. The molecule has 1 saturated heterocycles. The predicted octanol–water partition coefficient (Wildman–Crippen LogP) is 7.35. The van der Waals surface area contributed by atoms with Crippen molar-refractivity contribution < 1.29 is 37.8 Å². The maximum absolute atomic E-state index is 13.9. The summed E-state index contributed by atoms with van der Waals surface area (Å²) >= 11 is 1.22. The van der Waals surface area contributed by atoms with Crippen molar-refractivity contribution in [2.75, 3.05) is 31.5 Å². The van der Waals surface area contributed by atoms with Crippen LogP contribution >= 0.6 is 11.8 Å². The van der Waals surface area contributed by atoms with E-state index in [0.717, 1.165) is 5.52 Å². The van der Waals surface area contributed by atoms with E-state index >= 15 is 0 Å². The zero-order chi connectivity index (χ0) is 38.5. The molecule has 1 aromatic heterocycles. The Morgan fingerprint density at radius 1 is 0.818 bits per heavy atom. The SMILES string of the molecule is COc1cc(OC)c(OC)cc1/C=C(\NC(=O)c1ccccc1)C(=O)Nc1cccc(S[C@H]2CC(=O)N(c3ccc(-c4nc5ccccc5o4)cc3)C2=O)c1. The van der Waals surface area contributed by atoms with Crippen LogP contribution in [-0.4, -0.2) is 55.2 Å². The van der Waals surface area contributed by atoms with Crippen molar-refractivity contribution in [3.8, 4) is 28.7 Å². The standard InChI is InChI=1S/C42H34N4O8S/c1-51-34-23-36(53-3)35(52-2)21-27(34)20-32(44-39(48)25-10-5-4-6-11-25)40(49)43-28-12-9-13-30(22-28)55-37-24-38(47)46(42(37)50)29-18-16-26(17-19-29)41-45-31-14-7-8-15-33(31)54-41/h4-23,37H,24H2,1-3H3,(H,43,49)(H,44,48)/b32-20-/t37-/m0/s1. The number of hydrogen-bond donors (Lipinski definition) is 2. The number of rotatable bonds is 12. The number of carbonyl (C=O) groups excluding carboxylic acids is 4. The summed E-state index contributed by atoms with van der Waals surface area (Å²) in [6.45, 7) is 0.